The number of nitrogens with zero attached hydrogens (tertiary/aromatic N) is 3. The van der Waals surface area contributed by atoms with Crippen molar-refractivity contribution in [1.29, 1.82) is 5.26 Å². The molecule has 0 bridgehead atoms. The second-order valence-electron chi connectivity index (χ2n) is 6.30. The first-order chi connectivity index (χ1) is 12.4. The summed E-state index contributed by atoms with van der Waals surface area (Å²) >= 11 is 0. The number of carbonyl (C=O) groups is 1. The average molecular weight is 349 g/mol. The number of carbonyl (C=O) groups excluding carboxylic acids is 1. The van der Waals surface area contributed by atoms with Gasteiger partial charge in [-0.2, -0.15) is 15.4 Å². The highest BCUT2D eigenvalue weighted by Gasteiger charge is 2.44. The number of rotatable bonds is 4. The van der Waals surface area contributed by atoms with Gasteiger partial charge in [0.25, 0.3) is 5.91 Å². The molecule has 6 nitrogen and oxygen atoms in total. The normalized spacial score (nSPS) is 19.0. The van der Waals surface area contributed by atoms with Crippen LogP contribution in [-0.4, -0.2) is 28.3 Å². The molecule has 1 N–H and O–H groups in total. The van der Waals surface area contributed by atoms with Gasteiger partial charge in [-0.1, -0.05) is 42.0 Å². The highest BCUT2D eigenvalue weighted by atomic mass is 16.5. The Kier molecular flexibility index (Phi) is 4.74. The summed E-state index contributed by atoms with van der Waals surface area (Å²) in [4.78, 5) is 12.7. The standard InChI is InChI=1S/C20H19N3O3/c1-14-7-9-17(10-8-14)20(25)11-15(2)22-23(20)19(24)13-26-18-6-4-3-5-16(18)12-21/h3-10,25H,11,13H2,1-2H3/t20-/m0/s1. The summed E-state index contributed by atoms with van der Waals surface area (Å²) in [5, 5.41) is 25.5. The number of hydrogen-bond acceptors (Lipinski definition) is 5. The molecule has 0 fully saturated rings. The van der Waals surface area contributed by atoms with E-state index in [0.717, 1.165) is 10.6 Å². The predicted octanol–water partition coefficient (Wildman–Crippen LogP) is 2.70. The highest BCUT2D eigenvalue weighted by Crippen LogP contribution is 2.35. The summed E-state index contributed by atoms with van der Waals surface area (Å²) in [6, 6.07) is 16.0. The van der Waals surface area contributed by atoms with E-state index in [0.29, 0.717) is 22.6 Å². The van der Waals surface area contributed by atoms with E-state index < -0.39 is 11.6 Å². The molecule has 1 amide bonds. The van der Waals surface area contributed by atoms with Crippen LogP contribution in [0.3, 0.4) is 0 Å². The first-order valence-corrected chi connectivity index (χ1v) is 8.22. The zero-order chi connectivity index (χ0) is 18.7. The van der Waals surface area contributed by atoms with Crippen LogP contribution in [0.2, 0.25) is 0 Å². The van der Waals surface area contributed by atoms with Gasteiger partial charge >= 0.3 is 0 Å². The minimum atomic E-state index is -1.53. The molecule has 0 radical (unpaired) electrons. The molecular formula is C20H19N3O3. The van der Waals surface area contributed by atoms with Crippen molar-refractivity contribution in [3.05, 3.63) is 65.2 Å². The Balaban J connectivity index is 1.80. The molecule has 0 aliphatic carbocycles. The molecule has 1 aliphatic rings. The molecule has 132 valence electrons. The Morgan fingerprint density at radius 1 is 1.27 bits per heavy atom. The van der Waals surface area contributed by atoms with Crippen LogP contribution in [-0.2, 0) is 10.5 Å². The molecule has 1 atom stereocenters. The van der Waals surface area contributed by atoms with E-state index in [9.17, 15) is 9.90 Å². The van der Waals surface area contributed by atoms with E-state index in [-0.39, 0.29) is 13.0 Å². The molecule has 0 aromatic heterocycles. The molecule has 3 rings (SSSR count). The summed E-state index contributed by atoms with van der Waals surface area (Å²) in [5.74, 6) is -0.167. The molecule has 0 spiro atoms. The van der Waals surface area contributed by atoms with Gasteiger partial charge in [0.05, 0.1) is 5.56 Å². The fourth-order valence-corrected chi connectivity index (χ4v) is 2.91. The molecule has 1 aliphatic heterocycles. The minimum Gasteiger partial charge on any atom is -0.482 e. The predicted molar refractivity (Wildman–Crippen MR) is 96.3 cm³/mol. The number of amides is 1. The average Bonchev–Trinajstić information content (AvgIpc) is 2.96. The highest BCUT2D eigenvalue weighted by molar-refractivity contribution is 5.89. The Morgan fingerprint density at radius 2 is 1.96 bits per heavy atom. The van der Waals surface area contributed by atoms with E-state index in [1.807, 2.05) is 25.1 Å². The van der Waals surface area contributed by atoms with Gasteiger partial charge < -0.3 is 9.84 Å². The maximum Gasteiger partial charge on any atom is 0.283 e. The maximum absolute atomic E-state index is 12.7. The van der Waals surface area contributed by atoms with Gasteiger partial charge in [0.1, 0.15) is 11.8 Å². The Labute approximate surface area is 151 Å². The molecule has 0 unspecified atom stereocenters. The number of aryl methyl sites for hydroxylation is 1. The Morgan fingerprint density at radius 3 is 2.65 bits per heavy atom. The van der Waals surface area contributed by atoms with Crippen molar-refractivity contribution in [3.8, 4) is 11.8 Å². The van der Waals surface area contributed by atoms with Crippen LogP contribution in [0.4, 0.5) is 0 Å². The van der Waals surface area contributed by atoms with Gasteiger partial charge in [-0.3, -0.25) is 4.79 Å². The number of hydrazone groups is 1. The van der Waals surface area contributed by atoms with Crippen molar-refractivity contribution in [2.75, 3.05) is 6.61 Å². The summed E-state index contributed by atoms with van der Waals surface area (Å²) in [7, 11) is 0. The Hall–Kier alpha value is -3.17. The van der Waals surface area contributed by atoms with Gasteiger partial charge in [-0.05, 0) is 26.0 Å². The molecule has 2 aromatic rings. The fraction of sp³-hybridized carbons (Fsp3) is 0.250. The summed E-state index contributed by atoms with van der Waals surface area (Å²) in [5.41, 5.74) is 1.11. The second-order valence-corrected chi connectivity index (χ2v) is 6.30. The van der Waals surface area contributed by atoms with Crippen LogP contribution in [0.5, 0.6) is 5.75 Å². The molecule has 1 heterocycles. The van der Waals surface area contributed by atoms with E-state index in [2.05, 4.69) is 5.10 Å². The molecular weight excluding hydrogens is 330 g/mol. The summed E-state index contributed by atoms with van der Waals surface area (Å²) < 4.78 is 5.49. The maximum atomic E-state index is 12.7. The summed E-state index contributed by atoms with van der Waals surface area (Å²) in [6.45, 7) is 3.38. The van der Waals surface area contributed by atoms with Crippen LogP contribution in [0.25, 0.3) is 0 Å². The smallest absolute Gasteiger partial charge is 0.283 e. The van der Waals surface area contributed by atoms with E-state index in [1.165, 1.54) is 0 Å². The van der Waals surface area contributed by atoms with Crippen molar-refractivity contribution in [2.24, 2.45) is 5.10 Å². The van der Waals surface area contributed by atoms with Gasteiger partial charge in [0.15, 0.2) is 12.3 Å². The number of nitriles is 1. The van der Waals surface area contributed by atoms with E-state index >= 15 is 0 Å². The first-order valence-electron chi connectivity index (χ1n) is 8.22. The lowest BCUT2D eigenvalue weighted by molar-refractivity contribution is -0.159. The number of benzene rings is 2. The van der Waals surface area contributed by atoms with Crippen LogP contribution < -0.4 is 4.74 Å². The molecule has 0 saturated carbocycles. The number of hydrogen-bond donors (Lipinski definition) is 1. The fourth-order valence-electron chi connectivity index (χ4n) is 2.91. The minimum absolute atomic E-state index is 0.233. The third-order valence-corrected chi connectivity index (χ3v) is 4.23. The zero-order valence-corrected chi connectivity index (χ0v) is 14.6. The molecule has 0 saturated heterocycles. The molecule has 6 heteroatoms. The third kappa shape index (κ3) is 3.30. The van der Waals surface area contributed by atoms with Gasteiger partial charge in [0, 0.05) is 17.7 Å². The lowest BCUT2D eigenvalue weighted by Crippen LogP contribution is -2.45. The van der Waals surface area contributed by atoms with Crippen LogP contribution in [0.1, 0.15) is 30.0 Å². The van der Waals surface area contributed by atoms with Crippen LogP contribution in [0, 0.1) is 18.3 Å². The van der Waals surface area contributed by atoms with Crippen molar-refractivity contribution in [3.63, 3.8) is 0 Å². The molecule has 26 heavy (non-hydrogen) atoms. The van der Waals surface area contributed by atoms with Crippen molar-refractivity contribution < 1.29 is 14.6 Å². The zero-order valence-electron chi connectivity index (χ0n) is 14.6. The Bertz CT molecular complexity index is 899. The number of aliphatic hydroxyl groups is 1. The monoisotopic (exact) mass is 349 g/mol. The van der Waals surface area contributed by atoms with E-state index in [1.54, 1.807) is 43.3 Å². The topological polar surface area (TPSA) is 85.9 Å². The first kappa shape index (κ1) is 17.6. The second kappa shape index (κ2) is 6.98. The van der Waals surface area contributed by atoms with Crippen LogP contribution >= 0.6 is 0 Å². The van der Waals surface area contributed by atoms with Crippen LogP contribution in [0.15, 0.2) is 53.6 Å². The van der Waals surface area contributed by atoms with Gasteiger partial charge in [0.2, 0.25) is 0 Å². The number of ether oxygens (including phenoxy) is 1. The van der Waals surface area contributed by atoms with Gasteiger partial charge in [-0.25, -0.2) is 0 Å². The SMILES string of the molecule is CC1=NN(C(=O)COc2ccccc2C#N)[C@@](O)(c2ccc(C)cc2)C1. The summed E-state index contributed by atoms with van der Waals surface area (Å²) in [6.07, 6.45) is 0.233. The quantitative estimate of drug-likeness (QED) is 0.919. The lowest BCUT2D eigenvalue weighted by Gasteiger charge is -2.31. The third-order valence-electron chi connectivity index (χ3n) is 4.23. The number of para-hydroxylation sites is 1. The molecule has 2 aromatic carbocycles. The largest absolute Gasteiger partial charge is 0.482 e. The lowest BCUT2D eigenvalue weighted by atomic mass is 9.97. The van der Waals surface area contributed by atoms with E-state index in [4.69, 9.17) is 10.00 Å². The van der Waals surface area contributed by atoms with Crippen molar-refractivity contribution in [1.82, 2.24) is 5.01 Å². The van der Waals surface area contributed by atoms with Crippen molar-refractivity contribution in [2.45, 2.75) is 26.0 Å². The van der Waals surface area contributed by atoms with Crippen molar-refractivity contribution >= 4 is 11.6 Å². The van der Waals surface area contributed by atoms with Gasteiger partial charge in [-0.15, -0.1) is 0 Å².